The monoisotopic (exact) mass is 624 g/mol. The fourth-order valence-corrected chi connectivity index (χ4v) is 7.24. The third kappa shape index (κ3) is 4.54. The van der Waals surface area contributed by atoms with Crippen LogP contribution < -0.4 is 4.90 Å². The van der Waals surface area contributed by atoms with Crippen LogP contribution in [0.3, 0.4) is 0 Å². The largest absolute Gasteiger partial charge is 0.454 e. The van der Waals surface area contributed by atoms with Crippen molar-refractivity contribution < 1.29 is 23.9 Å². The normalized spacial score (nSPS) is 22.0. The van der Waals surface area contributed by atoms with Crippen LogP contribution in [-0.4, -0.2) is 35.2 Å². The minimum atomic E-state index is -0.683. The first-order valence-corrected chi connectivity index (χ1v) is 15.1. The molecular weight excluding hydrogens is 599 g/mol. The van der Waals surface area contributed by atoms with E-state index in [0.29, 0.717) is 49.0 Å². The topological polar surface area (TPSA) is 93.6 Å². The van der Waals surface area contributed by atoms with Crippen LogP contribution in [0.5, 0.6) is 0 Å². The second kappa shape index (κ2) is 10.7. The number of pyridine rings is 1. The molecule has 2 fully saturated rings. The molecule has 1 aromatic heterocycles. The number of aryl methyl sites for hydroxylation is 1. The Morgan fingerprint density at radius 2 is 1.64 bits per heavy atom. The lowest BCUT2D eigenvalue weighted by molar-refractivity contribution is -0.123. The van der Waals surface area contributed by atoms with Gasteiger partial charge in [0.25, 0.3) is 0 Å². The Morgan fingerprint density at radius 1 is 0.932 bits per heavy atom. The van der Waals surface area contributed by atoms with Crippen molar-refractivity contribution in [3.63, 3.8) is 0 Å². The Kier molecular flexibility index (Phi) is 6.91. The smallest absolute Gasteiger partial charge is 0.339 e. The molecule has 1 saturated carbocycles. The zero-order valence-electron chi connectivity index (χ0n) is 23.8. The minimum Gasteiger partial charge on any atom is -0.454 e. The molecule has 1 aliphatic heterocycles. The number of rotatable bonds is 6. The van der Waals surface area contributed by atoms with Crippen molar-refractivity contribution >= 4 is 63.4 Å². The van der Waals surface area contributed by atoms with Gasteiger partial charge in [-0.15, -0.1) is 0 Å². The number of allylic oxidation sites excluding steroid dienone is 2. The van der Waals surface area contributed by atoms with Crippen molar-refractivity contribution in [2.45, 2.75) is 20.3 Å². The summed E-state index contributed by atoms with van der Waals surface area (Å²) in [5, 5.41) is 1.52. The standard InChI is InChI=1S/C35H26Cl2N2O5/c1-17-13-21-14-25(17)31-30(21)33(41)39(34(31)42)23-9-5-19(6-10-23)28-15-26(24-11-12-27(37)18(2)32(24)38-28)35(43)44-16-29(40)20-3-7-22(36)8-4-20/h3-13,15,21,25,30-31H,14,16H2,1-2H3. The third-order valence-corrected chi connectivity index (χ3v) is 9.85. The van der Waals surface area contributed by atoms with Gasteiger partial charge in [-0.25, -0.2) is 9.78 Å². The first-order valence-electron chi connectivity index (χ1n) is 14.3. The van der Waals surface area contributed by atoms with Crippen molar-refractivity contribution in [2.75, 3.05) is 11.5 Å². The molecule has 220 valence electrons. The van der Waals surface area contributed by atoms with Crippen LogP contribution in [0.2, 0.25) is 10.0 Å². The number of carbonyl (C=O) groups is 4. The summed E-state index contributed by atoms with van der Waals surface area (Å²) in [6.07, 6.45) is 3.03. The molecule has 4 atom stereocenters. The van der Waals surface area contributed by atoms with Crippen molar-refractivity contribution in [3.8, 4) is 11.3 Å². The molecule has 0 radical (unpaired) electrons. The Morgan fingerprint density at radius 3 is 2.36 bits per heavy atom. The summed E-state index contributed by atoms with van der Waals surface area (Å²) in [5.41, 5.74) is 4.67. The van der Waals surface area contributed by atoms with Gasteiger partial charge in [0.05, 0.1) is 34.3 Å². The number of hydrogen-bond donors (Lipinski definition) is 0. The van der Waals surface area contributed by atoms with Gasteiger partial charge in [0.2, 0.25) is 11.8 Å². The van der Waals surface area contributed by atoms with Gasteiger partial charge in [0.1, 0.15) is 0 Å². The van der Waals surface area contributed by atoms with E-state index in [2.05, 4.69) is 6.08 Å². The Bertz CT molecular complexity index is 1930. The number of aromatic nitrogens is 1. The van der Waals surface area contributed by atoms with Gasteiger partial charge in [-0.2, -0.15) is 0 Å². The van der Waals surface area contributed by atoms with E-state index in [1.54, 1.807) is 66.7 Å². The van der Waals surface area contributed by atoms with Gasteiger partial charge in [0, 0.05) is 26.6 Å². The molecule has 7 rings (SSSR count). The van der Waals surface area contributed by atoms with E-state index in [0.717, 1.165) is 6.42 Å². The fraction of sp³-hybridized carbons (Fsp3) is 0.229. The second-order valence-electron chi connectivity index (χ2n) is 11.7. The number of Topliss-reactive ketones (excluding diaryl/α,β-unsaturated/α-hetero) is 1. The Labute approximate surface area is 263 Å². The first-order chi connectivity index (χ1) is 21.1. The predicted octanol–water partition coefficient (Wildman–Crippen LogP) is 7.26. The van der Waals surface area contributed by atoms with Crippen molar-refractivity contribution in [1.82, 2.24) is 4.98 Å². The highest BCUT2D eigenvalue weighted by molar-refractivity contribution is 6.32. The first kappa shape index (κ1) is 28.4. The summed E-state index contributed by atoms with van der Waals surface area (Å²) >= 11 is 12.3. The summed E-state index contributed by atoms with van der Waals surface area (Å²) < 4.78 is 5.45. The van der Waals surface area contributed by atoms with Gasteiger partial charge in [0.15, 0.2) is 12.4 Å². The number of hydrogen-bond acceptors (Lipinski definition) is 6. The number of anilines is 1. The number of benzene rings is 3. The van der Waals surface area contributed by atoms with Gasteiger partial charge in [-0.05, 0) is 86.2 Å². The molecule has 0 N–H and O–H groups in total. The number of esters is 1. The van der Waals surface area contributed by atoms with E-state index in [1.807, 2.05) is 13.8 Å². The molecule has 4 unspecified atom stereocenters. The van der Waals surface area contributed by atoms with Gasteiger partial charge >= 0.3 is 5.97 Å². The molecule has 2 bridgehead atoms. The SMILES string of the molecule is CC1=CC2CC1C1C(=O)N(c3ccc(-c4cc(C(=O)OCC(=O)c5ccc(Cl)cc5)c5ccc(Cl)c(C)c5n4)cc3)C(=O)C21. The summed E-state index contributed by atoms with van der Waals surface area (Å²) in [7, 11) is 0. The van der Waals surface area contributed by atoms with Crippen LogP contribution in [0.1, 0.15) is 39.6 Å². The number of amides is 2. The molecular formula is C35H26Cl2N2O5. The molecule has 9 heteroatoms. The predicted molar refractivity (Wildman–Crippen MR) is 168 cm³/mol. The van der Waals surface area contributed by atoms with Gasteiger partial charge in [-0.1, -0.05) is 53.1 Å². The maximum atomic E-state index is 13.4. The molecule has 2 aliphatic carbocycles. The number of carbonyl (C=O) groups excluding carboxylic acids is 4. The van der Waals surface area contributed by atoms with E-state index >= 15 is 0 Å². The van der Waals surface area contributed by atoms with E-state index in [9.17, 15) is 19.2 Å². The van der Waals surface area contributed by atoms with E-state index in [4.69, 9.17) is 32.9 Å². The molecule has 0 spiro atoms. The number of fused-ring (bicyclic) bond motifs is 6. The molecule has 4 aromatic rings. The highest BCUT2D eigenvalue weighted by atomic mass is 35.5. The van der Waals surface area contributed by atoms with Crippen LogP contribution in [0.15, 0.2) is 78.4 Å². The van der Waals surface area contributed by atoms with E-state index in [1.165, 1.54) is 10.5 Å². The third-order valence-electron chi connectivity index (χ3n) is 9.19. The molecule has 7 nitrogen and oxygen atoms in total. The fourth-order valence-electron chi connectivity index (χ4n) is 6.96. The summed E-state index contributed by atoms with van der Waals surface area (Å²) in [5.74, 6) is -1.63. The summed E-state index contributed by atoms with van der Waals surface area (Å²) in [6, 6.07) is 18.4. The van der Waals surface area contributed by atoms with Crippen molar-refractivity contribution in [1.29, 1.82) is 0 Å². The molecule has 3 aromatic carbocycles. The zero-order chi connectivity index (χ0) is 30.9. The number of halogens is 2. The Balaban J connectivity index is 1.18. The average Bonchev–Trinajstić information content (AvgIpc) is 3.67. The van der Waals surface area contributed by atoms with Crippen LogP contribution in [0, 0.1) is 30.6 Å². The zero-order valence-corrected chi connectivity index (χ0v) is 25.4. The van der Waals surface area contributed by atoms with Crippen LogP contribution in [0.4, 0.5) is 5.69 Å². The molecule has 2 amide bonds. The van der Waals surface area contributed by atoms with Crippen LogP contribution >= 0.6 is 23.2 Å². The van der Waals surface area contributed by atoms with E-state index in [-0.39, 0.29) is 46.8 Å². The number of nitrogens with zero attached hydrogens (tertiary/aromatic N) is 2. The van der Waals surface area contributed by atoms with Crippen LogP contribution in [0.25, 0.3) is 22.2 Å². The van der Waals surface area contributed by atoms with Gasteiger partial charge < -0.3 is 4.74 Å². The molecule has 1 saturated heterocycles. The minimum absolute atomic E-state index is 0.127. The maximum Gasteiger partial charge on any atom is 0.339 e. The lowest BCUT2D eigenvalue weighted by Crippen LogP contribution is -2.32. The van der Waals surface area contributed by atoms with E-state index < -0.39 is 12.6 Å². The molecule has 2 heterocycles. The summed E-state index contributed by atoms with van der Waals surface area (Å²) in [6.45, 7) is 3.41. The highest BCUT2D eigenvalue weighted by Gasteiger charge is 2.60. The number of ketones is 1. The number of imide groups is 1. The second-order valence-corrected chi connectivity index (χ2v) is 12.5. The lowest BCUT2D eigenvalue weighted by Gasteiger charge is -2.19. The maximum absolute atomic E-state index is 13.4. The number of ether oxygens (including phenoxy) is 1. The molecule has 3 aliphatic rings. The van der Waals surface area contributed by atoms with Crippen molar-refractivity contribution in [3.05, 3.63) is 105 Å². The Hall–Kier alpha value is -4.33. The van der Waals surface area contributed by atoms with Crippen molar-refractivity contribution in [2.24, 2.45) is 23.7 Å². The summed E-state index contributed by atoms with van der Waals surface area (Å²) in [4.78, 5) is 58.9. The van der Waals surface area contributed by atoms with Gasteiger partial charge in [-0.3, -0.25) is 19.3 Å². The highest BCUT2D eigenvalue weighted by Crippen LogP contribution is 2.56. The van der Waals surface area contributed by atoms with Crippen LogP contribution in [-0.2, 0) is 14.3 Å². The average molecular weight is 626 g/mol. The molecule has 44 heavy (non-hydrogen) atoms. The lowest BCUT2D eigenvalue weighted by atomic mass is 9.82. The quantitative estimate of drug-likeness (QED) is 0.0970.